The van der Waals surface area contributed by atoms with E-state index in [-0.39, 0.29) is 6.03 Å². The zero-order valence-electron chi connectivity index (χ0n) is 16.0. The highest BCUT2D eigenvalue weighted by atomic mass is 16.5. The Bertz CT molecular complexity index is 755. The summed E-state index contributed by atoms with van der Waals surface area (Å²) in [7, 11) is 1.58. The third-order valence-corrected chi connectivity index (χ3v) is 4.32. The van der Waals surface area contributed by atoms with Crippen LogP contribution in [0.15, 0.2) is 22.9 Å². The predicted molar refractivity (Wildman–Crippen MR) is 99.7 cm³/mol. The molecule has 1 saturated heterocycles. The maximum atomic E-state index is 12.4. The number of piperazine rings is 1. The van der Waals surface area contributed by atoms with E-state index in [2.05, 4.69) is 34.3 Å². The normalized spacial score (nSPS) is 14.5. The summed E-state index contributed by atoms with van der Waals surface area (Å²) in [4.78, 5) is 24.8. The fourth-order valence-corrected chi connectivity index (χ4v) is 2.94. The number of ether oxygens (including phenoxy) is 1. The van der Waals surface area contributed by atoms with E-state index in [1.54, 1.807) is 24.3 Å². The summed E-state index contributed by atoms with van der Waals surface area (Å²) in [6.45, 7) is 7.13. The monoisotopic (exact) mass is 374 g/mol. The number of aromatic nitrogens is 3. The van der Waals surface area contributed by atoms with E-state index in [4.69, 9.17) is 9.26 Å². The van der Waals surface area contributed by atoms with Crippen molar-refractivity contribution in [2.75, 3.05) is 38.2 Å². The minimum Gasteiger partial charge on any atom is -0.481 e. The van der Waals surface area contributed by atoms with Crippen LogP contribution in [0.25, 0.3) is 0 Å². The number of rotatable bonds is 6. The molecule has 1 N–H and O–H groups in total. The topological polar surface area (TPSA) is 96.6 Å². The molecule has 1 aliphatic rings. The molecule has 0 radical (unpaired) electrons. The van der Waals surface area contributed by atoms with Gasteiger partial charge in [-0.05, 0) is 12.3 Å². The first-order chi connectivity index (χ1) is 13.0. The van der Waals surface area contributed by atoms with Crippen molar-refractivity contribution in [1.29, 1.82) is 0 Å². The van der Waals surface area contributed by atoms with Gasteiger partial charge in [0, 0.05) is 44.5 Å². The van der Waals surface area contributed by atoms with Gasteiger partial charge in [-0.1, -0.05) is 19.0 Å². The van der Waals surface area contributed by atoms with E-state index in [0.717, 1.165) is 12.1 Å². The summed E-state index contributed by atoms with van der Waals surface area (Å²) < 4.78 is 10.4. The minimum absolute atomic E-state index is 0.108. The highest BCUT2D eigenvalue weighted by molar-refractivity contribution is 5.74. The molecule has 0 unspecified atom stereocenters. The Kier molecular flexibility index (Phi) is 6.10. The Morgan fingerprint density at radius 1 is 1.33 bits per heavy atom. The smallest absolute Gasteiger partial charge is 0.317 e. The van der Waals surface area contributed by atoms with Crippen molar-refractivity contribution in [1.82, 2.24) is 25.3 Å². The quantitative estimate of drug-likeness (QED) is 0.822. The van der Waals surface area contributed by atoms with E-state index in [0.29, 0.717) is 56.2 Å². The number of amides is 2. The second-order valence-corrected chi connectivity index (χ2v) is 6.91. The van der Waals surface area contributed by atoms with Crippen LogP contribution >= 0.6 is 0 Å². The first-order valence-corrected chi connectivity index (χ1v) is 9.14. The number of nitrogens with one attached hydrogen (secondary N) is 1. The lowest BCUT2D eigenvalue weighted by Crippen LogP contribution is -2.52. The van der Waals surface area contributed by atoms with Crippen LogP contribution in [-0.2, 0) is 13.0 Å². The maximum Gasteiger partial charge on any atom is 0.317 e. The molecule has 2 amide bonds. The van der Waals surface area contributed by atoms with Gasteiger partial charge in [0.2, 0.25) is 11.8 Å². The molecule has 1 aliphatic heterocycles. The number of hydrogen-bond acceptors (Lipinski definition) is 7. The number of anilines is 1. The molecule has 0 aliphatic carbocycles. The van der Waals surface area contributed by atoms with Crippen molar-refractivity contribution >= 4 is 12.0 Å². The molecular formula is C18H26N6O3. The third-order valence-electron chi connectivity index (χ3n) is 4.32. The molecule has 2 aromatic rings. The molecule has 0 aromatic carbocycles. The Balaban J connectivity index is 1.46. The molecule has 0 spiro atoms. The Labute approximate surface area is 158 Å². The van der Waals surface area contributed by atoms with Gasteiger partial charge in [-0.25, -0.2) is 9.78 Å². The SMILES string of the molecule is COc1ccnc(N2CCN(C(=O)NCc3cc(CC(C)C)no3)CC2)n1. The Morgan fingerprint density at radius 2 is 2.11 bits per heavy atom. The van der Waals surface area contributed by atoms with Crippen molar-refractivity contribution in [2.24, 2.45) is 5.92 Å². The zero-order chi connectivity index (χ0) is 19.2. The second-order valence-electron chi connectivity index (χ2n) is 6.91. The van der Waals surface area contributed by atoms with Crippen LogP contribution < -0.4 is 15.0 Å². The van der Waals surface area contributed by atoms with Gasteiger partial charge < -0.3 is 24.4 Å². The first kappa shape index (κ1) is 18.9. The second kappa shape index (κ2) is 8.70. The van der Waals surface area contributed by atoms with Gasteiger partial charge in [0.25, 0.3) is 0 Å². The molecule has 2 aromatic heterocycles. The van der Waals surface area contributed by atoms with E-state index in [9.17, 15) is 4.79 Å². The third kappa shape index (κ3) is 5.08. The molecule has 3 heterocycles. The van der Waals surface area contributed by atoms with Gasteiger partial charge in [0.1, 0.15) is 0 Å². The van der Waals surface area contributed by atoms with Gasteiger partial charge in [0.05, 0.1) is 19.3 Å². The minimum atomic E-state index is -0.108. The summed E-state index contributed by atoms with van der Waals surface area (Å²) in [5.74, 6) is 2.34. The van der Waals surface area contributed by atoms with E-state index in [1.165, 1.54) is 0 Å². The average Bonchev–Trinajstić information content (AvgIpc) is 3.13. The van der Waals surface area contributed by atoms with Crippen molar-refractivity contribution in [3.05, 3.63) is 29.8 Å². The fourth-order valence-electron chi connectivity index (χ4n) is 2.94. The van der Waals surface area contributed by atoms with Crippen molar-refractivity contribution < 1.29 is 14.1 Å². The van der Waals surface area contributed by atoms with Crippen LogP contribution in [0.2, 0.25) is 0 Å². The molecular weight excluding hydrogens is 348 g/mol. The van der Waals surface area contributed by atoms with Crippen molar-refractivity contribution in [3.63, 3.8) is 0 Å². The van der Waals surface area contributed by atoms with Crippen molar-refractivity contribution in [3.8, 4) is 5.88 Å². The summed E-state index contributed by atoms with van der Waals surface area (Å²) in [6.07, 6.45) is 2.54. The molecule has 0 bridgehead atoms. The Morgan fingerprint density at radius 3 is 2.81 bits per heavy atom. The number of urea groups is 1. The van der Waals surface area contributed by atoms with Crippen LogP contribution in [0.3, 0.4) is 0 Å². The van der Waals surface area contributed by atoms with Crippen molar-refractivity contribution in [2.45, 2.75) is 26.8 Å². The molecule has 27 heavy (non-hydrogen) atoms. The number of methoxy groups -OCH3 is 1. The molecule has 146 valence electrons. The lowest BCUT2D eigenvalue weighted by atomic mass is 10.1. The van der Waals surface area contributed by atoms with Gasteiger partial charge in [0.15, 0.2) is 5.76 Å². The summed E-state index contributed by atoms with van der Waals surface area (Å²) in [5.41, 5.74) is 0.918. The maximum absolute atomic E-state index is 12.4. The Hall–Kier alpha value is -2.84. The number of carbonyl (C=O) groups excluding carboxylic acids is 1. The first-order valence-electron chi connectivity index (χ1n) is 9.14. The highest BCUT2D eigenvalue weighted by Gasteiger charge is 2.23. The molecule has 0 saturated carbocycles. The van der Waals surface area contributed by atoms with E-state index in [1.807, 2.05) is 11.0 Å². The lowest BCUT2D eigenvalue weighted by Gasteiger charge is -2.34. The highest BCUT2D eigenvalue weighted by Crippen LogP contribution is 2.14. The van der Waals surface area contributed by atoms with Crippen LogP contribution in [0.4, 0.5) is 10.7 Å². The molecule has 3 rings (SSSR count). The average molecular weight is 374 g/mol. The number of hydrogen-bond donors (Lipinski definition) is 1. The van der Waals surface area contributed by atoms with E-state index >= 15 is 0 Å². The number of nitrogens with zero attached hydrogens (tertiary/aromatic N) is 5. The standard InChI is InChI=1S/C18H26N6O3/c1-13(2)10-14-11-15(27-22-14)12-20-18(25)24-8-6-23(7-9-24)17-19-5-4-16(21-17)26-3/h4-5,11,13H,6-10,12H2,1-3H3,(H,20,25). The summed E-state index contributed by atoms with van der Waals surface area (Å²) in [6, 6.07) is 3.50. The predicted octanol–water partition coefficient (Wildman–Crippen LogP) is 1.70. The van der Waals surface area contributed by atoms with Gasteiger partial charge in [-0.15, -0.1) is 0 Å². The molecule has 9 heteroatoms. The van der Waals surface area contributed by atoms with Crippen LogP contribution in [0.5, 0.6) is 5.88 Å². The molecule has 1 fully saturated rings. The zero-order valence-corrected chi connectivity index (χ0v) is 16.0. The largest absolute Gasteiger partial charge is 0.481 e. The van der Waals surface area contributed by atoms with Crippen LogP contribution in [-0.4, -0.2) is 59.3 Å². The fraction of sp³-hybridized carbons (Fsp3) is 0.556. The molecule has 0 atom stereocenters. The van der Waals surface area contributed by atoms with Crippen LogP contribution in [0, 0.1) is 5.92 Å². The van der Waals surface area contributed by atoms with Gasteiger partial charge in [-0.3, -0.25) is 0 Å². The van der Waals surface area contributed by atoms with Crippen LogP contribution in [0.1, 0.15) is 25.3 Å². The summed E-state index contributed by atoms with van der Waals surface area (Å²) in [5, 5.41) is 6.93. The number of carbonyl (C=O) groups is 1. The van der Waals surface area contributed by atoms with Gasteiger partial charge >= 0.3 is 6.03 Å². The molecule has 9 nitrogen and oxygen atoms in total. The lowest BCUT2D eigenvalue weighted by molar-refractivity contribution is 0.192. The van der Waals surface area contributed by atoms with E-state index < -0.39 is 0 Å². The summed E-state index contributed by atoms with van der Waals surface area (Å²) >= 11 is 0. The van der Waals surface area contributed by atoms with Gasteiger partial charge in [-0.2, -0.15) is 4.98 Å².